The molecule has 1 aliphatic heterocycles. The van der Waals surface area contributed by atoms with E-state index in [1.807, 2.05) is 24.3 Å². The highest BCUT2D eigenvalue weighted by Gasteiger charge is 2.32. The lowest BCUT2D eigenvalue weighted by atomic mass is 10.1. The van der Waals surface area contributed by atoms with E-state index >= 15 is 0 Å². The minimum atomic E-state index is -0.508. The molecule has 0 saturated carbocycles. The lowest BCUT2D eigenvalue weighted by Gasteiger charge is -2.33. The summed E-state index contributed by atoms with van der Waals surface area (Å²) in [6.45, 7) is 1.77. The number of anilines is 2. The fourth-order valence-corrected chi connectivity index (χ4v) is 2.32. The first-order valence-electron chi connectivity index (χ1n) is 6.44. The predicted molar refractivity (Wildman–Crippen MR) is 77.3 cm³/mol. The van der Waals surface area contributed by atoms with Gasteiger partial charge in [-0.25, -0.2) is 10.8 Å². The van der Waals surface area contributed by atoms with Crippen LogP contribution in [0.25, 0.3) is 10.9 Å². The molecule has 1 aromatic carbocycles. The molecule has 0 aliphatic carbocycles. The van der Waals surface area contributed by atoms with Gasteiger partial charge in [-0.3, -0.25) is 20.3 Å². The van der Waals surface area contributed by atoms with Gasteiger partial charge in [0.25, 0.3) is 0 Å². The smallest absolute Gasteiger partial charge is 0.249 e. The predicted octanol–water partition coefficient (Wildman–Crippen LogP) is -0.233. The maximum atomic E-state index is 11.8. The molecule has 1 aliphatic rings. The number of rotatable bonds is 2. The third kappa shape index (κ3) is 2.25. The summed E-state index contributed by atoms with van der Waals surface area (Å²) in [7, 11) is 0. The molecule has 8 nitrogen and oxygen atoms in total. The molecule has 3 rings (SSSR count). The Labute approximate surface area is 120 Å². The lowest BCUT2D eigenvalue weighted by Crippen LogP contribution is -2.57. The van der Waals surface area contributed by atoms with Gasteiger partial charge in [-0.1, -0.05) is 12.1 Å². The number of benzene rings is 1. The van der Waals surface area contributed by atoms with E-state index in [4.69, 9.17) is 5.84 Å². The van der Waals surface area contributed by atoms with E-state index in [1.165, 1.54) is 0 Å². The van der Waals surface area contributed by atoms with Gasteiger partial charge in [-0.15, -0.1) is 0 Å². The van der Waals surface area contributed by atoms with Crippen LogP contribution in [0.2, 0.25) is 0 Å². The molecular formula is C13H14N6O2. The first-order chi connectivity index (χ1) is 10.1. The number of carbonyl (C=O) groups excluding carboxylic acids is 2. The van der Waals surface area contributed by atoms with Crippen LogP contribution < -0.4 is 21.5 Å². The summed E-state index contributed by atoms with van der Waals surface area (Å²) in [6, 6.07) is 6.84. The Kier molecular flexibility index (Phi) is 3.15. The maximum absolute atomic E-state index is 11.8. The lowest BCUT2D eigenvalue weighted by molar-refractivity contribution is -0.132. The highest BCUT2D eigenvalue weighted by molar-refractivity contribution is 6.06. The zero-order chi connectivity index (χ0) is 15.0. The van der Waals surface area contributed by atoms with Gasteiger partial charge < -0.3 is 4.90 Å². The number of amides is 2. The minimum absolute atomic E-state index is 0.0535. The van der Waals surface area contributed by atoms with Crippen LogP contribution in [-0.4, -0.2) is 34.4 Å². The molecular weight excluding hydrogens is 272 g/mol. The van der Waals surface area contributed by atoms with Gasteiger partial charge in [0.05, 0.1) is 12.1 Å². The van der Waals surface area contributed by atoms with Crippen molar-refractivity contribution in [3.8, 4) is 0 Å². The molecule has 21 heavy (non-hydrogen) atoms. The van der Waals surface area contributed by atoms with Gasteiger partial charge in [-0.2, -0.15) is 4.98 Å². The molecule has 1 saturated heterocycles. The zero-order valence-electron chi connectivity index (χ0n) is 11.3. The summed E-state index contributed by atoms with van der Waals surface area (Å²) in [5, 5.41) is 3.06. The molecule has 1 atom stereocenters. The van der Waals surface area contributed by atoms with Crippen molar-refractivity contribution < 1.29 is 9.59 Å². The standard InChI is InChI=1S/C13H14N6O2/c1-7-12(21)16-10(20)6-19(7)11-8-4-2-3-5-9(8)15-13(17-11)18-14/h2-5,7H,6,14H2,1H3,(H,15,17,18)(H,16,20,21). The van der Waals surface area contributed by atoms with Crippen molar-refractivity contribution in [2.24, 2.45) is 5.84 Å². The Hall–Kier alpha value is -2.74. The van der Waals surface area contributed by atoms with E-state index < -0.39 is 6.04 Å². The van der Waals surface area contributed by atoms with Gasteiger partial charge in [0, 0.05) is 5.39 Å². The fourth-order valence-electron chi connectivity index (χ4n) is 2.32. The van der Waals surface area contributed by atoms with Crippen molar-refractivity contribution in [2.45, 2.75) is 13.0 Å². The molecule has 2 heterocycles. The quantitative estimate of drug-likeness (QED) is 0.397. The number of hydrogen-bond donors (Lipinski definition) is 3. The van der Waals surface area contributed by atoms with Crippen molar-refractivity contribution >= 4 is 34.5 Å². The number of imide groups is 1. The highest BCUT2D eigenvalue weighted by Crippen LogP contribution is 2.27. The number of piperazine rings is 1. The number of nitrogens with one attached hydrogen (secondary N) is 2. The van der Waals surface area contributed by atoms with Crippen LogP contribution in [0.15, 0.2) is 24.3 Å². The summed E-state index contributed by atoms with van der Waals surface area (Å²) in [4.78, 5) is 33.7. The Bertz CT molecular complexity index is 732. The van der Waals surface area contributed by atoms with Gasteiger partial charge in [-0.05, 0) is 19.1 Å². The van der Waals surface area contributed by atoms with Crippen LogP contribution in [-0.2, 0) is 9.59 Å². The third-order valence-corrected chi connectivity index (χ3v) is 3.41. The molecule has 0 bridgehead atoms. The van der Waals surface area contributed by atoms with Crippen LogP contribution in [0.4, 0.5) is 11.8 Å². The monoisotopic (exact) mass is 286 g/mol. The SMILES string of the molecule is CC1C(=O)NC(=O)CN1c1nc(NN)nc2ccccc12. The molecule has 2 aromatic rings. The summed E-state index contributed by atoms with van der Waals surface area (Å²) in [5.41, 5.74) is 3.08. The zero-order valence-corrected chi connectivity index (χ0v) is 11.3. The Balaban J connectivity index is 2.18. The number of hydrogen-bond acceptors (Lipinski definition) is 7. The van der Waals surface area contributed by atoms with Crippen molar-refractivity contribution in [3.05, 3.63) is 24.3 Å². The maximum Gasteiger partial charge on any atom is 0.249 e. The van der Waals surface area contributed by atoms with Crippen molar-refractivity contribution in [3.63, 3.8) is 0 Å². The van der Waals surface area contributed by atoms with E-state index in [0.717, 1.165) is 5.39 Å². The van der Waals surface area contributed by atoms with E-state index in [2.05, 4.69) is 20.7 Å². The Morgan fingerprint density at radius 2 is 2.10 bits per heavy atom. The van der Waals surface area contributed by atoms with Crippen molar-refractivity contribution in [1.82, 2.24) is 15.3 Å². The minimum Gasteiger partial charge on any atom is -0.335 e. The van der Waals surface area contributed by atoms with Gasteiger partial charge >= 0.3 is 0 Å². The topological polar surface area (TPSA) is 113 Å². The molecule has 2 amide bonds. The van der Waals surface area contributed by atoms with Crippen molar-refractivity contribution in [1.29, 1.82) is 0 Å². The van der Waals surface area contributed by atoms with Gasteiger partial charge in [0.2, 0.25) is 17.8 Å². The van der Waals surface area contributed by atoms with E-state index in [1.54, 1.807) is 11.8 Å². The first kappa shape index (κ1) is 13.3. The second-order valence-electron chi connectivity index (χ2n) is 4.75. The van der Waals surface area contributed by atoms with Gasteiger partial charge in [0.15, 0.2) is 0 Å². The summed E-state index contributed by atoms with van der Waals surface area (Å²) >= 11 is 0. The normalized spacial score (nSPS) is 18.8. The molecule has 1 aromatic heterocycles. The summed E-state index contributed by atoms with van der Waals surface area (Å²) in [5.74, 6) is 5.41. The molecule has 0 spiro atoms. The van der Waals surface area contributed by atoms with Gasteiger partial charge in [0.1, 0.15) is 11.9 Å². The summed E-state index contributed by atoms with van der Waals surface area (Å²) in [6.07, 6.45) is 0. The number of fused-ring (bicyclic) bond motifs is 1. The molecule has 1 fully saturated rings. The van der Waals surface area contributed by atoms with E-state index in [-0.39, 0.29) is 24.3 Å². The molecule has 108 valence electrons. The second kappa shape index (κ2) is 4.98. The highest BCUT2D eigenvalue weighted by atomic mass is 16.2. The average molecular weight is 286 g/mol. The van der Waals surface area contributed by atoms with E-state index in [0.29, 0.717) is 11.3 Å². The number of nitrogen functional groups attached to an aromatic ring is 1. The third-order valence-electron chi connectivity index (χ3n) is 3.41. The number of carbonyl (C=O) groups is 2. The number of hydrazine groups is 1. The number of aromatic nitrogens is 2. The molecule has 8 heteroatoms. The van der Waals surface area contributed by atoms with E-state index in [9.17, 15) is 9.59 Å². The van der Waals surface area contributed by atoms with Crippen LogP contribution in [0, 0.1) is 0 Å². The fraction of sp³-hybridized carbons (Fsp3) is 0.231. The number of nitrogens with two attached hydrogens (primary N) is 1. The molecule has 1 unspecified atom stereocenters. The van der Waals surface area contributed by atoms with Crippen LogP contribution in [0.3, 0.4) is 0 Å². The number of para-hydroxylation sites is 1. The first-order valence-corrected chi connectivity index (χ1v) is 6.44. The average Bonchev–Trinajstić information content (AvgIpc) is 2.49. The summed E-state index contributed by atoms with van der Waals surface area (Å²) < 4.78 is 0. The van der Waals surface area contributed by atoms with Crippen molar-refractivity contribution in [2.75, 3.05) is 16.9 Å². The van der Waals surface area contributed by atoms with Crippen LogP contribution in [0.5, 0.6) is 0 Å². The molecule has 4 N–H and O–H groups in total. The Morgan fingerprint density at radius 1 is 1.33 bits per heavy atom. The van der Waals surface area contributed by atoms with Crippen LogP contribution >= 0.6 is 0 Å². The number of nitrogens with zero attached hydrogens (tertiary/aromatic N) is 3. The van der Waals surface area contributed by atoms with Crippen LogP contribution in [0.1, 0.15) is 6.92 Å². The second-order valence-corrected chi connectivity index (χ2v) is 4.75. The Morgan fingerprint density at radius 3 is 2.86 bits per heavy atom. The molecule has 0 radical (unpaired) electrons. The largest absolute Gasteiger partial charge is 0.335 e.